The van der Waals surface area contributed by atoms with Gasteiger partial charge in [0.1, 0.15) is 0 Å². The molecule has 0 heterocycles. The fourth-order valence-corrected chi connectivity index (χ4v) is 3.44. The number of nitrogens with one attached hydrogen (secondary N) is 1. The van der Waals surface area contributed by atoms with E-state index in [2.05, 4.69) is 12.2 Å². The second-order valence-electron chi connectivity index (χ2n) is 6.41. The van der Waals surface area contributed by atoms with E-state index < -0.39 is 5.60 Å². The fourth-order valence-electron chi connectivity index (χ4n) is 3.44. The first-order valence-electron chi connectivity index (χ1n) is 7.24. The van der Waals surface area contributed by atoms with E-state index in [0.29, 0.717) is 12.5 Å². The van der Waals surface area contributed by atoms with Gasteiger partial charge in [-0.05, 0) is 38.0 Å². The van der Waals surface area contributed by atoms with Crippen molar-refractivity contribution in [2.24, 2.45) is 17.6 Å². The van der Waals surface area contributed by atoms with Gasteiger partial charge in [-0.1, -0.05) is 19.8 Å². The molecule has 2 saturated carbocycles. The maximum atomic E-state index is 12.0. The van der Waals surface area contributed by atoms with Crippen LogP contribution >= 0.6 is 0 Å². The van der Waals surface area contributed by atoms with Crippen LogP contribution in [-0.4, -0.2) is 29.2 Å². The predicted octanol–water partition coefficient (Wildman–Crippen LogP) is 1.17. The van der Waals surface area contributed by atoms with Crippen LogP contribution in [-0.2, 0) is 4.79 Å². The van der Waals surface area contributed by atoms with E-state index in [9.17, 15) is 9.90 Å². The second-order valence-corrected chi connectivity index (χ2v) is 6.41. The highest BCUT2D eigenvalue weighted by molar-refractivity contribution is 5.79. The lowest BCUT2D eigenvalue weighted by Crippen LogP contribution is -2.47. The van der Waals surface area contributed by atoms with Crippen molar-refractivity contribution in [3.63, 3.8) is 0 Å². The molecule has 4 nitrogen and oxygen atoms in total. The van der Waals surface area contributed by atoms with Crippen LogP contribution in [0.25, 0.3) is 0 Å². The minimum absolute atomic E-state index is 0.0598. The highest BCUT2D eigenvalue weighted by Gasteiger charge is 2.34. The summed E-state index contributed by atoms with van der Waals surface area (Å²) in [5, 5.41) is 13.4. The Morgan fingerprint density at radius 2 is 2.22 bits per heavy atom. The van der Waals surface area contributed by atoms with Crippen molar-refractivity contribution in [2.45, 2.75) is 63.5 Å². The fraction of sp³-hybridized carbons (Fsp3) is 0.929. The number of carbonyl (C=O) groups excluding carboxylic acids is 1. The van der Waals surface area contributed by atoms with Crippen LogP contribution in [0.2, 0.25) is 0 Å². The van der Waals surface area contributed by atoms with Gasteiger partial charge in [-0.2, -0.15) is 0 Å². The van der Waals surface area contributed by atoms with Crippen molar-refractivity contribution < 1.29 is 9.90 Å². The summed E-state index contributed by atoms with van der Waals surface area (Å²) in [5.41, 5.74) is 5.13. The van der Waals surface area contributed by atoms with Crippen LogP contribution in [0.15, 0.2) is 0 Å². The van der Waals surface area contributed by atoms with Gasteiger partial charge in [0, 0.05) is 18.5 Å². The SMILES string of the molecule is CC1CCCC(O)(CNC(=O)C2CCC(N)C2)C1. The van der Waals surface area contributed by atoms with Crippen molar-refractivity contribution >= 4 is 5.91 Å². The molecule has 0 aromatic carbocycles. The molecule has 2 fully saturated rings. The molecule has 1 amide bonds. The number of rotatable bonds is 3. The molecule has 4 unspecified atom stereocenters. The molecule has 0 spiro atoms. The average Bonchev–Trinajstić information content (AvgIpc) is 2.73. The van der Waals surface area contributed by atoms with Gasteiger partial charge in [0.2, 0.25) is 5.91 Å². The lowest BCUT2D eigenvalue weighted by molar-refractivity contribution is -0.126. The maximum Gasteiger partial charge on any atom is 0.223 e. The van der Waals surface area contributed by atoms with Gasteiger partial charge < -0.3 is 16.2 Å². The Hall–Kier alpha value is -0.610. The Bertz CT molecular complexity index is 308. The second kappa shape index (κ2) is 5.57. The number of nitrogens with two attached hydrogens (primary N) is 1. The van der Waals surface area contributed by atoms with Crippen LogP contribution in [0.5, 0.6) is 0 Å². The monoisotopic (exact) mass is 254 g/mol. The summed E-state index contributed by atoms with van der Waals surface area (Å²) >= 11 is 0. The standard InChI is InChI=1S/C14H26N2O2/c1-10-3-2-6-14(18,8-10)9-16-13(17)11-4-5-12(15)7-11/h10-12,18H,2-9,15H2,1H3,(H,16,17). The molecule has 4 heteroatoms. The highest BCUT2D eigenvalue weighted by Crippen LogP contribution is 2.32. The van der Waals surface area contributed by atoms with E-state index >= 15 is 0 Å². The quantitative estimate of drug-likeness (QED) is 0.707. The molecule has 4 N–H and O–H groups in total. The zero-order chi connectivity index (χ0) is 13.2. The Morgan fingerprint density at radius 3 is 2.83 bits per heavy atom. The average molecular weight is 254 g/mol. The third-order valence-electron chi connectivity index (χ3n) is 4.50. The molecular formula is C14H26N2O2. The summed E-state index contributed by atoms with van der Waals surface area (Å²) in [6.45, 7) is 2.57. The molecule has 0 bridgehead atoms. The van der Waals surface area contributed by atoms with E-state index in [-0.39, 0.29) is 17.9 Å². The Morgan fingerprint density at radius 1 is 1.44 bits per heavy atom. The molecule has 0 aromatic heterocycles. The zero-order valence-corrected chi connectivity index (χ0v) is 11.3. The first-order chi connectivity index (χ1) is 8.48. The highest BCUT2D eigenvalue weighted by atomic mass is 16.3. The molecule has 2 aliphatic carbocycles. The number of carbonyl (C=O) groups is 1. The molecule has 18 heavy (non-hydrogen) atoms. The van der Waals surface area contributed by atoms with E-state index in [1.807, 2.05) is 0 Å². The normalized spacial score (nSPS) is 40.7. The number of hydrogen-bond donors (Lipinski definition) is 3. The van der Waals surface area contributed by atoms with E-state index in [0.717, 1.165) is 38.5 Å². The minimum atomic E-state index is -0.686. The first-order valence-corrected chi connectivity index (χ1v) is 7.24. The van der Waals surface area contributed by atoms with Gasteiger partial charge in [0.05, 0.1) is 5.60 Å². The topological polar surface area (TPSA) is 75.3 Å². The summed E-state index contributed by atoms with van der Waals surface area (Å²) in [7, 11) is 0. The summed E-state index contributed by atoms with van der Waals surface area (Å²) in [6.07, 6.45) is 6.48. The number of amides is 1. The third kappa shape index (κ3) is 3.45. The van der Waals surface area contributed by atoms with Crippen LogP contribution in [0.1, 0.15) is 51.9 Å². The van der Waals surface area contributed by atoms with Crippen molar-refractivity contribution in [2.75, 3.05) is 6.54 Å². The van der Waals surface area contributed by atoms with Crippen molar-refractivity contribution in [1.82, 2.24) is 5.32 Å². The third-order valence-corrected chi connectivity index (χ3v) is 4.50. The molecule has 104 valence electrons. The number of hydrogen-bond acceptors (Lipinski definition) is 3. The largest absolute Gasteiger partial charge is 0.388 e. The molecule has 0 radical (unpaired) electrons. The van der Waals surface area contributed by atoms with Crippen LogP contribution in [0.3, 0.4) is 0 Å². The van der Waals surface area contributed by atoms with Gasteiger partial charge in [-0.25, -0.2) is 0 Å². The van der Waals surface area contributed by atoms with Gasteiger partial charge in [-0.15, -0.1) is 0 Å². The summed E-state index contributed by atoms with van der Waals surface area (Å²) in [6, 6.07) is 0.179. The zero-order valence-electron chi connectivity index (χ0n) is 11.3. The lowest BCUT2D eigenvalue weighted by atomic mass is 9.79. The Labute approximate surface area is 109 Å². The summed E-state index contributed by atoms with van der Waals surface area (Å²) in [4.78, 5) is 12.0. The van der Waals surface area contributed by atoms with Gasteiger partial charge in [0.15, 0.2) is 0 Å². The van der Waals surface area contributed by atoms with Gasteiger partial charge in [-0.3, -0.25) is 4.79 Å². The minimum Gasteiger partial charge on any atom is -0.388 e. The molecule has 0 saturated heterocycles. The molecule has 0 aromatic rings. The Balaban J connectivity index is 1.78. The van der Waals surface area contributed by atoms with E-state index in [1.54, 1.807) is 0 Å². The van der Waals surface area contributed by atoms with E-state index in [1.165, 1.54) is 6.42 Å². The van der Waals surface area contributed by atoms with Crippen LogP contribution in [0, 0.1) is 11.8 Å². The van der Waals surface area contributed by atoms with Crippen molar-refractivity contribution in [3.8, 4) is 0 Å². The van der Waals surface area contributed by atoms with Crippen molar-refractivity contribution in [1.29, 1.82) is 0 Å². The summed E-state index contributed by atoms with van der Waals surface area (Å²) < 4.78 is 0. The van der Waals surface area contributed by atoms with Crippen molar-refractivity contribution in [3.05, 3.63) is 0 Å². The Kier molecular flexibility index (Phi) is 4.28. The molecular weight excluding hydrogens is 228 g/mol. The van der Waals surface area contributed by atoms with Gasteiger partial charge >= 0.3 is 0 Å². The lowest BCUT2D eigenvalue weighted by Gasteiger charge is -2.35. The summed E-state index contributed by atoms with van der Waals surface area (Å²) in [5.74, 6) is 0.694. The molecule has 2 aliphatic rings. The van der Waals surface area contributed by atoms with Gasteiger partial charge in [0.25, 0.3) is 0 Å². The predicted molar refractivity (Wildman–Crippen MR) is 70.9 cm³/mol. The molecule has 2 rings (SSSR count). The molecule has 0 aliphatic heterocycles. The van der Waals surface area contributed by atoms with Crippen LogP contribution < -0.4 is 11.1 Å². The van der Waals surface area contributed by atoms with Crippen LogP contribution in [0.4, 0.5) is 0 Å². The first kappa shape index (κ1) is 13.8. The smallest absolute Gasteiger partial charge is 0.223 e. The van der Waals surface area contributed by atoms with E-state index in [4.69, 9.17) is 5.73 Å². The molecule has 4 atom stereocenters. The number of aliphatic hydroxyl groups is 1. The maximum absolute atomic E-state index is 12.0.